The maximum absolute atomic E-state index is 13.0. The van der Waals surface area contributed by atoms with Crippen LogP contribution in [-0.4, -0.2) is 20.6 Å². The van der Waals surface area contributed by atoms with E-state index < -0.39 is 0 Å². The fraction of sp³-hybridized carbons (Fsp3) is 0.364. The second-order valence-electron chi connectivity index (χ2n) is 4.05. The fourth-order valence-electron chi connectivity index (χ4n) is 1.74. The van der Waals surface area contributed by atoms with Crippen molar-refractivity contribution in [2.75, 3.05) is 0 Å². The number of hydrogen-bond acceptors (Lipinski definition) is 4. The molecule has 5 nitrogen and oxygen atoms in total. The van der Waals surface area contributed by atoms with Crippen molar-refractivity contribution in [1.82, 2.24) is 25.9 Å². The third-order valence-corrected chi connectivity index (χ3v) is 3.01. The minimum absolute atomic E-state index is 0.0494. The molecule has 2 atom stereocenters. The lowest BCUT2D eigenvalue weighted by atomic mass is 10.1. The van der Waals surface area contributed by atoms with E-state index in [1.165, 1.54) is 12.1 Å². The molecule has 1 aromatic heterocycles. The lowest BCUT2D eigenvalue weighted by molar-refractivity contribution is 0.476. The van der Waals surface area contributed by atoms with Gasteiger partial charge in [0.15, 0.2) is 5.82 Å². The van der Waals surface area contributed by atoms with Crippen LogP contribution in [0.25, 0.3) is 0 Å². The lowest BCUT2D eigenvalue weighted by Crippen LogP contribution is -2.23. The topological polar surface area (TPSA) is 66.5 Å². The molecule has 2 unspecified atom stereocenters. The Labute approximate surface area is 109 Å². The minimum Gasteiger partial charge on any atom is -0.301 e. The van der Waals surface area contributed by atoms with E-state index in [1.807, 2.05) is 13.8 Å². The second-order valence-corrected chi connectivity index (χ2v) is 4.45. The average molecular weight is 270 g/mol. The molecule has 0 radical (unpaired) electrons. The first-order valence-electron chi connectivity index (χ1n) is 5.52. The number of aromatic nitrogens is 4. The largest absolute Gasteiger partial charge is 0.301 e. The van der Waals surface area contributed by atoms with Gasteiger partial charge in [-0.2, -0.15) is 5.21 Å². The van der Waals surface area contributed by atoms with Crippen molar-refractivity contribution in [3.63, 3.8) is 0 Å². The highest BCUT2D eigenvalue weighted by Crippen LogP contribution is 2.25. The number of tetrazole rings is 1. The van der Waals surface area contributed by atoms with E-state index in [1.54, 1.807) is 6.07 Å². The number of nitrogens with one attached hydrogen (secondary N) is 2. The zero-order valence-electron chi connectivity index (χ0n) is 9.98. The molecule has 2 rings (SSSR count). The predicted octanol–water partition coefficient (Wildman–Crippen LogP) is 2.40. The molecule has 1 heterocycles. The van der Waals surface area contributed by atoms with Crippen molar-refractivity contribution in [1.29, 1.82) is 0 Å². The first kappa shape index (κ1) is 12.9. The molecule has 0 fully saturated rings. The number of rotatable bonds is 4. The van der Waals surface area contributed by atoms with Gasteiger partial charge in [-0.05, 0) is 31.5 Å². The summed E-state index contributed by atoms with van der Waals surface area (Å²) in [6.45, 7) is 3.86. The molecule has 0 spiro atoms. The molecule has 0 aliphatic carbocycles. The minimum atomic E-state index is -0.345. The summed E-state index contributed by atoms with van der Waals surface area (Å²) < 4.78 is 13.0. The lowest BCUT2D eigenvalue weighted by Gasteiger charge is -2.19. The molecule has 2 N–H and O–H groups in total. The van der Waals surface area contributed by atoms with Gasteiger partial charge < -0.3 is 5.32 Å². The second kappa shape index (κ2) is 5.41. The highest BCUT2D eigenvalue weighted by molar-refractivity contribution is 6.31. The molecule has 0 saturated carbocycles. The average Bonchev–Trinajstić information content (AvgIpc) is 2.81. The fourth-order valence-corrected chi connectivity index (χ4v) is 2.08. The predicted molar refractivity (Wildman–Crippen MR) is 65.6 cm³/mol. The number of halogens is 2. The molecule has 7 heteroatoms. The monoisotopic (exact) mass is 269 g/mol. The van der Waals surface area contributed by atoms with Gasteiger partial charge in [0.25, 0.3) is 0 Å². The maximum atomic E-state index is 13.0. The molecule has 0 aliphatic heterocycles. The Hall–Kier alpha value is -1.53. The molecular formula is C11H13ClFN5. The standard InChI is InChI=1S/C11H13ClFN5/c1-6(9-4-3-8(13)5-10(9)12)14-7(2)11-15-17-18-16-11/h3-7,14H,1-2H3,(H,15,16,17,18). The van der Waals surface area contributed by atoms with E-state index >= 15 is 0 Å². The van der Waals surface area contributed by atoms with Gasteiger partial charge >= 0.3 is 0 Å². The van der Waals surface area contributed by atoms with Crippen molar-refractivity contribution in [3.05, 3.63) is 40.4 Å². The molecule has 0 aliphatic rings. The van der Waals surface area contributed by atoms with Gasteiger partial charge in [0.2, 0.25) is 0 Å². The van der Waals surface area contributed by atoms with E-state index in [4.69, 9.17) is 11.6 Å². The van der Waals surface area contributed by atoms with E-state index in [0.29, 0.717) is 10.8 Å². The molecule has 0 amide bonds. The summed E-state index contributed by atoms with van der Waals surface area (Å²) in [6, 6.07) is 4.22. The number of aromatic amines is 1. The summed E-state index contributed by atoms with van der Waals surface area (Å²) in [5, 5.41) is 17.4. The van der Waals surface area contributed by atoms with Crippen molar-refractivity contribution in [2.45, 2.75) is 25.9 Å². The van der Waals surface area contributed by atoms with Gasteiger partial charge in [0.05, 0.1) is 6.04 Å². The summed E-state index contributed by atoms with van der Waals surface area (Å²) >= 11 is 6.00. The number of hydrogen-bond donors (Lipinski definition) is 2. The Kier molecular flexibility index (Phi) is 3.88. The van der Waals surface area contributed by atoms with E-state index in [9.17, 15) is 4.39 Å². The number of nitrogens with zero attached hydrogens (tertiary/aromatic N) is 3. The summed E-state index contributed by atoms with van der Waals surface area (Å²) in [5.41, 5.74) is 0.827. The highest BCUT2D eigenvalue weighted by Gasteiger charge is 2.16. The van der Waals surface area contributed by atoms with Crippen LogP contribution in [0, 0.1) is 5.82 Å². The van der Waals surface area contributed by atoms with Crippen molar-refractivity contribution < 1.29 is 4.39 Å². The Bertz CT molecular complexity index is 516. The van der Waals surface area contributed by atoms with Crippen LogP contribution in [0.3, 0.4) is 0 Å². The van der Waals surface area contributed by atoms with Crippen LogP contribution in [-0.2, 0) is 0 Å². The van der Waals surface area contributed by atoms with Gasteiger partial charge in [0.1, 0.15) is 5.82 Å². The van der Waals surface area contributed by atoms with Crippen LogP contribution in [0.1, 0.15) is 37.3 Å². The Morgan fingerprint density at radius 2 is 2.11 bits per heavy atom. The third-order valence-electron chi connectivity index (χ3n) is 2.68. The summed E-state index contributed by atoms with van der Waals surface area (Å²) in [5.74, 6) is 0.224. The van der Waals surface area contributed by atoms with Crippen LogP contribution < -0.4 is 5.32 Å². The Morgan fingerprint density at radius 1 is 1.33 bits per heavy atom. The van der Waals surface area contributed by atoms with Gasteiger partial charge in [-0.25, -0.2) is 4.39 Å². The molecule has 18 heavy (non-hydrogen) atoms. The van der Waals surface area contributed by atoms with E-state index in [0.717, 1.165) is 5.56 Å². The summed E-state index contributed by atoms with van der Waals surface area (Å²) in [6.07, 6.45) is 0. The molecule has 0 bridgehead atoms. The van der Waals surface area contributed by atoms with Crippen LogP contribution in [0.15, 0.2) is 18.2 Å². The Balaban J connectivity index is 2.10. The quantitative estimate of drug-likeness (QED) is 0.894. The third kappa shape index (κ3) is 2.83. The molecule has 0 saturated heterocycles. The molecule has 2 aromatic rings. The maximum Gasteiger partial charge on any atom is 0.191 e. The molecule has 1 aromatic carbocycles. The van der Waals surface area contributed by atoms with Gasteiger partial charge in [-0.15, -0.1) is 10.2 Å². The van der Waals surface area contributed by atoms with Crippen molar-refractivity contribution in [2.24, 2.45) is 0 Å². The van der Waals surface area contributed by atoms with E-state index in [2.05, 4.69) is 25.9 Å². The van der Waals surface area contributed by atoms with Gasteiger partial charge in [-0.3, -0.25) is 0 Å². The highest BCUT2D eigenvalue weighted by atomic mass is 35.5. The van der Waals surface area contributed by atoms with Crippen molar-refractivity contribution >= 4 is 11.6 Å². The van der Waals surface area contributed by atoms with Crippen LogP contribution in [0.2, 0.25) is 5.02 Å². The zero-order chi connectivity index (χ0) is 13.1. The van der Waals surface area contributed by atoms with Crippen LogP contribution in [0.4, 0.5) is 4.39 Å². The zero-order valence-corrected chi connectivity index (χ0v) is 10.7. The number of H-pyrrole nitrogens is 1. The summed E-state index contributed by atoms with van der Waals surface area (Å²) in [7, 11) is 0. The first-order valence-corrected chi connectivity index (χ1v) is 5.90. The van der Waals surface area contributed by atoms with Gasteiger partial charge in [-0.1, -0.05) is 22.9 Å². The normalized spacial score (nSPS) is 14.4. The smallest absolute Gasteiger partial charge is 0.191 e. The van der Waals surface area contributed by atoms with Crippen LogP contribution in [0.5, 0.6) is 0 Å². The SMILES string of the molecule is CC(NC(C)c1ccc(F)cc1Cl)c1nn[nH]n1. The Morgan fingerprint density at radius 3 is 2.72 bits per heavy atom. The van der Waals surface area contributed by atoms with Crippen LogP contribution >= 0.6 is 11.6 Å². The van der Waals surface area contributed by atoms with E-state index in [-0.39, 0.29) is 17.9 Å². The number of benzene rings is 1. The molecular weight excluding hydrogens is 257 g/mol. The molecule has 96 valence electrons. The summed E-state index contributed by atoms with van der Waals surface area (Å²) in [4.78, 5) is 0. The first-order chi connectivity index (χ1) is 8.58. The van der Waals surface area contributed by atoms with Gasteiger partial charge in [0, 0.05) is 11.1 Å². The van der Waals surface area contributed by atoms with Crippen molar-refractivity contribution in [3.8, 4) is 0 Å².